The number of aliphatic hydroxyl groups excluding tert-OH is 1. The Morgan fingerprint density at radius 3 is 2.87 bits per heavy atom. The number of nitriles is 1. The maximum absolute atomic E-state index is 17.0. The molecule has 0 saturated carbocycles. The SMILES string of the molecule is CC(O)C1CCN(C)c2nc(OC[C@@]34CCCN3C[C@H](F)C4)nc3c(F)c(-c4ccc(F)c5sc(N)c(C#N)c45)c(Cl)c(c23)O1. The van der Waals surface area contributed by atoms with E-state index in [0.29, 0.717) is 31.7 Å². The second-order valence-corrected chi connectivity index (χ2v) is 13.5. The molecule has 3 aliphatic heterocycles. The summed E-state index contributed by atoms with van der Waals surface area (Å²) < 4.78 is 58.9. The zero-order valence-electron chi connectivity index (χ0n) is 24.5. The number of hydrogen-bond acceptors (Lipinski definition) is 10. The quantitative estimate of drug-likeness (QED) is 0.273. The maximum Gasteiger partial charge on any atom is 0.319 e. The molecule has 2 aromatic carbocycles. The predicted molar refractivity (Wildman–Crippen MR) is 167 cm³/mol. The molecule has 7 rings (SSSR count). The van der Waals surface area contributed by atoms with Crippen molar-refractivity contribution in [2.45, 2.75) is 56.5 Å². The van der Waals surface area contributed by atoms with Crippen molar-refractivity contribution in [2.75, 3.05) is 43.9 Å². The number of hydrogen-bond donors (Lipinski definition) is 2. The summed E-state index contributed by atoms with van der Waals surface area (Å²) in [4.78, 5) is 13.1. The summed E-state index contributed by atoms with van der Waals surface area (Å²) in [7, 11) is 1.78. The third kappa shape index (κ3) is 4.72. The van der Waals surface area contributed by atoms with Crippen molar-refractivity contribution in [1.82, 2.24) is 14.9 Å². The van der Waals surface area contributed by atoms with Crippen LogP contribution in [0.15, 0.2) is 12.1 Å². The number of nitrogen functional groups attached to an aromatic ring is 1. The van der Waals surface area contributed by atoms with E-state index in [1.165, 1.54) is 6.07 Å². The predicted octanol–water partition coefficient (Wildman–Crippen LogP) is 5.82. The number of anilines is 2. The summed E-state index contributed by atoms with van der Waals surface area (Å²) in [5.74, 6) is -1.13. The van der Waals surface area contributed by atoms with Crippen LogP contribution in [-0.4, -0.2) is 77.2 Å². The fourth-order valence-corrected chi connectivity index (χ4v) is 8.33. The Morgan fingerprint density at radius 1 is 1.31 bits per heavy atom. The summed E-state index contributed by atoms with van der Waals surface area (Å²) >= 11 is 7.87. The summed E-state index contributed by atoms with van der Waals surface area (Å²) in [6.07, 6.45) is -0.145. The van der Waals surface area contributed by atoms with E-state index in [1.54, 1.807) is 18.9 Å². The molecule has 0 spiro atoms. The van der Waals surface area contributed by atoms with E-state index in [0.717, 1.165) is 36.8 Å². The largest absolute Gasteiger partial charge is 0.485 e. The van der Waals surface area contributed by atoms with Gasteiger partial charge in [-0.2, -0.15) is 15.2 Å². The van der Waals surface area contributed by atoms with Crippen molar-refractivity contribution in [3.8, 4) is 29.0 Å². The summed E-state index contributed by atoms with van der Waals surface area (Å²) in [6, 6.07) is 4.42. The topological polar surface area (TPSA) is 121 Å². The van der Waals surface area contributed by atoms with Crippen LogP contribution < -0.4 is 20.1 Å². The fourth-order valence-electron chi connectivity index (χ4n) is 7.06. The standard InChI is InChI=1S/C31H30ClF3N6O3S/c1-14(42)19-6-9-40(2)29-22-25(38-30(39-29)43-13-31-7-3-8-41(31)12-15(33)10-31)24(35)21(23(32)26(22)44-19)16-4-5-18(34)27-20(16)17(11-36)28(37)45-27/h4-5,14-15,19,42H,3,6-10,12-13,37H2,1-2H3/t14?,15-,19?,31+/m1/s1. The Hall–Kier alpha value is -3.57. The molecular weight excluding hydrogens is 629 g/mol. The number of aromatic nitrogens is 2. The molecule has 4 atom stereocenters. The van der Waals surface area contributed by atoms with Crippen LogP contribution in [-0.2, 0) is 0 Å². The summed E-state index contributed by atoms with van der Waals surface area (Å²) in [6.45, 7) is 3.25. The molecule has 3 aliphatic rings. The van der Waals surface area contributed by atoms with Crippen molar-refractivity contribution in [2.24, 2.45) is 0 Å². The van der Waals surface area contributed by atoms with Crippen molar-refractivity contribution in [3.63, 3.8) is 0 Å². The van der Waals surface area contributed by atoms with Crippen LogP contribution >= 0.6 is 22.9 Å². The number of alkyl halides is 1. The van der Waals surface area contributed by atoms with Gasteiger partial charge in [-0.3, -0.25) is 4.90 Å². The molecule has 0 bridgehead atoms. The Morgan fingerprint density at radius 2 is 2.11 bits per heavy atom. The van der Waals surface area contributed by atoms with Gasteiger partial charge in [0.05, 0.1) is 32.3 Å². The monoisotopic (exact) mass is 658 g/mol. The molecule has 0 radical (unpaired) electrons. The van der Waals surface area contributed by atoms with Gasteiger partial charge in [-0.25, -0.2) is 13.2 Å². The number of rotatable bonds is 5. The zero-order chi connectivity index (χ0) is 31.8. The highest BCUT2D eigenvalue weighted by molar-refractivity contribution is 7.23. The van der Waals surface area contributed by atoms with Gasteiger partial charge in [0.1, 0.15) is 47.1 Å². The number of fused-ring (bicyclic) bond motifs is 2. The molecule has 2 saturated heterocycles. The molecule has 2 aromatic heterocycles. The molecule has 14 heteroatoms. The van der Waals surface area contributed by atoms with Crippen molar-refractivity contribution in [3.05, 3.63) is 34.4 Å². The highest BCUT2D eigenvalue weighted by Crippen LogP contribution is 2.51. The maximum atomic E-state index is 17.0. The first-order valence-electron chi connectivity index (χ1n) is 14.7. The molecule has 4 aromatic rings. The Balaban J connectivity index is 1.47. The summed E-state index contributed by atoms with van der Waals surface area (Å²) in [5, 5.41) is 20.7. The number of benzene rings is 2. The minimum atomic E-state index is -0.952. The second-order valence-electron chi connectivity index (χ2n) is 12.1. The number of nitrogens with zero attached hydrogens (tertiary/aromatic N) is 5. The fraction of sp³-hybridized carbons (Fsp3) is 0.452. The minimum absolute atomic E-state index is 0.000687. The van der Waals surface area contributed by atoms with Crippen molar-refractivity contribution >= 4 is 54.7 Å². The van der Waals surface area contributed by atoms with Crippen LogP contribution in [0, 0.1) is 23.0 Å². The van der Waals surface area contributed by atoms with Gasteiger partial charge in [0.15, 0.2) is 11.6 Å². The molecule has 0 aliphatic carbocycles. The number of ether oxygens (including phenoxy) is 2. The molecule has 45 heavy (non-hydrogen) atoms. The first-order valence-corrected chi connectivity index (χ1v) is 15.9. The Kier molecular flexibility index (Phi) is 7.39. The van der Waals surface area contributed by atoms with Gasteiger partial charge in [0.25, 0.3) is 0 Å². The van der Waals surface area contributed by atoms with Crippen molar-refractivity contribution in [1.29, 1.82) is 5.26 Å². The molecule has 5 heterocycles. The van der Waals surface area contributed by atoms with Gasteiger partial charge in [-0.05, 0) is 37.9 Å². The average Bonchev–Trinajstić information content (AvgIpc) is 3.64. The first kappa shape index (κ1) is 30.1. The third-order valence-electron chi connectivity index (χ3n) is 9.29. The third-order valence-corrected chi connectivity index (χ3v) is 10.7. The summed E-state index contributed by atoms with van der Waals surface area (Å²) in [5.41, 5.74) is 5.38. The van der Waals surface area contributed by atoms with Crippen LogP contribution in [0.4, 0.5) is 24.0 Å². The molecular formula is C31H30ClF3N6O3S. The van der Waals surface area contributed by atoms with E-state index >= 15 is 4.39 Å². The average molecular weight is 659 g/mol. The number of halogens is 4. The Labute approximate surface area is 265 Å². The van der Waals surface area contributed by atoms with Crippen LogP contribution in [0.5, 0.6) is 11.8 Å². The first-order chi connectivity index (χ1) is 21.5. The van der Waals surface area contributed by atoms with E-state index in [9.17, 15) is 19.1 Å². The molecule has 236 valence electrons. The number of thiophene rings is 1. The van der Waals surface area contributed by atoms with E-state index < -0.39 is 35.6 Å². The lowest BCUT2D eigenvalue weighted by molar-refractivity contribution is 0.0452. The van der Waals surface area contributed by atoms with E-state index in [2.05, 4.69) is 14.9 Å². The van der Waals surface area contributed by atoms with Crippen LogP contribution in [0.1, 0.15) is 38.2 Å². The van der Waals surface area contributed by atoms with Crippen molar-refractivity contribution < 1.29 is 27.8 Å². The van der Waals surface area contributed by atoms with Gasteiger partial charge >= 0.3 is 6.01 Å². The highest BCUT2D eigenvalue weighted by atomic mass is 35.5. The van der Waals surface area contributed by atoms with E-state index in [-0.39, 0.29) is 66.1 Å². The molecule has 2 unspecified atom stereocenters. The van der Waals surface area contributed by atoms with Gasteiger partial charge < -0.3 is 25.2 Å². The lowest BCUT2D eigenvalue weighted by Gasteiger charge is -2.32. The van der Waals surface area contributed by atoms with E-state index in [1.807, 2.05) is 6.07 Å². The van der Waals surface area contributed by atoms with Gasteiger partial charge in [-0.15, -0.1) is 11.3 Å². The van der Waals surface area contributed by atoms with Gasteiger partial charge in [0, 0.05) is 43.9 Å². The lowest BCUT2D eigenvalue weighted by atomic mass is 9.95. The zero-order valence-corrected chi connectivity index (χ0v) is 26.1. The highest BCUT2D eigenvalue weighted by Gasteiger charge is 2.49. The molecule has 9 nitrogen and oxygen atoms in total. The van der Waals surface area contributed by atoms with Crippen LogP contribution in [0.25, 0.3) is 32.1 Å². The van der Waals surface area contributed by atoms with Gasteiger partial charge in [-0.1, -0.05) is 17.7 Å². The normalized spacial score (nSPS) is 23.9. The number of nitrogens with two attached hydrogens (primary N) is 1. The Bertz CT molecular complexity index is 1900. The molecule has 0 amide bonds. The van der Waals surface area contributed by atoms with E-state index in [4.69, 9.17) is 26.8 Å². The van der Waals surface area contributed by atoms with Crippen LogP contribution in [0.2, 0.25) is 5.02 Å². The lowest BCUT2D eigenvalue weighted by Crippen LogP contribution is -2.43. The van der Waals surface area contributed by atoms with Crippen LogP contribution in [0.3, 0.4) is 0 Å². The smallest absolute Gasteiger partial charge is 0.319 e. The number of aliphatic hydroxyl groups is 1. The molecule has 3 N–H and O–H groups in total. The van der Waals surface area contributed by atoms with Gasteiger partial charge in [0.2, 0.25) is 0 Å². The second kappa shape index (κ2) is 11.0. The molecule has 2 fully saturated rings. The minimum Gasteiger partial charge on any atom is -0.485 e.